The molecule has 0 bridgehead atoms. The summed E-state index contributed by atoms with van der Waals surface area (Å²) >= 11 is 0. The first-order valence-electron chi connectivity index (χ1n) is 9.42. The van der Waals surface area contributed by atoms with E-state index in [4.69, 9.17) is 9.84 Å². The highest BCUT2D eigenvalue weighted by molar-refractivity contribution is 7.92. The summed E-state index contributed by atoms with van der Waals surface area (Å²) in [6, 6.07) is 15.1. The molecule has 1 saturated heterocycles. The quantitative estimate of drug-likeness (QED) is 0.552. The van der Waals surface area contributed by atoms with Crippen LogP contribution in [-0.4, -0.2) is 31.9 Å². The van der Waals surface area contributed by atoms with Crippen LogP contribution in [0.25, 0.3) is 16.8 Å². The first kappa shape index (κ1) is 21.3. The maximum Gasteiger partial charge on any atom is 0.328 e. The molecule has 1 aliphatic rings. The van der Waals surface area contributed by atoms with Crippen molar-refractivity contribution >= 4 is 44.6 Å². The Kier molecular flexibility index (Phi) is 5.54. The normalized spacial score (nSPS) is 15.3. The van der Waals surface area contributed by atoms with Gasteiger partial charge >= 0.3 is 16.2 Å². The molecule has 2 N–H and O–H groups in total. The van der Waals surface area contributed by atoms with E-state index < -0.39 is 40.1 Å². The molecular formula is C22H17FN2O6S. The Morgan fingerprint density at radius 3 is 2.59 bits per heavy atom. The Morgan fingerprint density at radius 2 is 1.94 bits per heavy atom. The van der Waals surface area contributed by atoms with E-state index in [9.17, 15) is 18.0 Å². The Balaban J connectivity index is 1.85. The molecule has 0 spiro atoms. The number of nitrogens with one attached hydrogen (secondary N) is 1. The Hall–Kier alpha value is -3.92. The van der Waals surface area contributed by atoms with Crippen LogP contribution < -0.4 is 13.8 Å². The van der Waals surface area contributed by atoms with Crippen LogP contribution in [0.3, 0.4) is 0 Å². The van der Waals surface area contributed by atoms with E-state index in [0.29, 0.717) is 15.3 Å². The van der Waals surface area contributed by atoms with Gasteiger partial charge in [0.2, 0.25) is 0 Å². The average Bonchev–Trinajstić information content (AvgIpc) is 3.03. The number of fused-ring (bicyclic) bond motifs is 1. The van der Waals surface area contributed by atoms with Crippen molar-refractivity contribution in [1.82, 2.24) is 4.72 Å². The molecule has 4 rings (SSSR count). The molecule has 10 heteroatoms. The molecule has 0 aromatic heterocycles. The van der Waals surface area contributed by atoms with Crippen LogP contribution in [0.2, 0.25) is 0 Å². The van der Waals surface area contributed by atoms with Crippen molar-refractivity contribution in [2.75, 3.05) is 10.8 Å². The fourth-order valence-electron chi connectivity index (χ4n) is 3.33. The lowest BCUT2D eigenvalue weighted by molar-refractivity contribution is -0.131. The van der Waals surface area contributed by atoms with Crippen LogP contribution in [0.4, 0.5) is 10.1 Å². The number of anilines is 1. The molecule has 3 aromatic carbocycles. The topological polar surface area (TPSA) is 113 Å². The zero-order chi connectivity index (χ0) is 22.9. The van der Waals surface area contributed by atoms with Crippen molar-refractivity contribution in [1.29, 1.82) is 0 Å². The van der Waals surface area contributed by atoms with Crippen molar-refractivity contribution in [3.63, 3.8) is 0 Å². The summed E-state index contributed by atoms with van der Waals surface area (Å²) in [5.41, 5.74) is 0.791. The number of hydrogen-bond donors (Lipinski definition) is 2. The lowest BCUT2D eigenvalue weighted by Gasteiger charge is -2.21. The van der Waals surface area contributed by atoms with Gasteiger partial charge in [-0.1, -0.05) is 42.5 Å². The van der Waals surface area contributed by atoms with Gasteiger partial charge in [0.05, 0.1) is 0 Å². The van der Waals surface area contributed by atoms with Gasteiger partial charge in [0.15, 0.2) is 5.82 Å². The molecule has 8 nitrogen and oxygen atoms in total. The van der Waals surface area contributed by atoms with Crippen LogP contribution >= 0.6 is 0 Å². The van der Waals surface area contributed by atoms with Gasteiger partial charge in [0, 0.05) is 11.5 Å². The summed E-state index contributed by atoms with van der Waals surface area (Å²) < 4.78 is 48.8. The number of rotatable bonds is 6. The van der Waals surface area contributed by atoms with Crippen molar-refractivity contribution < 1.29 is 32.2 Å². The molecule has 0 atom stereocenters. The predicted molar refractivity (Wildman–Crippen MR) is 116 cm³/mol. The monoisotopic (exact) mass is 456 g/mol. The van der Waals surface area contributed by atoms with Gasteiger partial charge in [-0.05, 0) is 34.7 Å². The first-order valence-corrected chi connectivity index (χ1v) is 10.9. The van der Waals surface area contributed by atoms with Gasteiger partial charge in [-0.2, -0.15) is 8.42 Å². The number of carboxylic acid groups (broad SMARTS) is 1. The third kappa shape index (κ3) is 4.26. The predicted octanol–water partition coefficient (Wildman–Crippen LogP) is 2.84. The fraction of sp³-hybridized carbons (Fsp3) is 0.0909. The highest BCUT2D eigenvalue weighted by atomic mass is 32.2. The summed E-state index contributed by atoms with van der Waals surface area (Å²) in [6.07, 6.45) is 2.20. The van der Waals surface area contributed by atoms with Crippen LogP contribution in [0.1, 0.15) is 11.1 Å². The molecule has 3 aromatic rings. The lowest BCUT2D eigenvalue weighted by atomic mass is 10.0. The number of benzene rings is 3. The zero-order valence-electron chi connectivity index (χ0n) is 16.5. The van der Waals surface area contributed by atoms with Crippen LogP contribution in [0.5, 0.6) is 5.75 Å². The third-order valence-electron chi connectivity index (χ3n) is 4.77. The van der Waals surface area contributed by atoms with E-state index in [1.807, 2.05) is 10.8 Å². The SMILES string of the molecule is O=C(O)/C=C/c1ccc2cc(OCc3ccccc3)c(N3CC(=O)NS3(=O)=O)c(F)c2c1. The minimum atomic E-state index is -4.30. The third-order valence-corrected chi connectivity index (χ3v) is 6.14. The maximum absolute atomic E-state index is 15.7. The molecule has 0 unspecified atom stereocenters. The number of ether oxygens (including phenoxy) is 1. The molecule has 164 valence electrons. The Labute approximate surface area is 182 Å². The molecule has 1 amide bonds. The van der Waals surface area contributed by atoms with Crippen molar-refractivity contribution in [3.8, 4) is 5.75 Å². The minimum absolute atomic E-state index is 0.0484. The molecule has 32 heavy (non-hydrogen) atoms. The second-order valence-electron chi connectivity index (χ2n) is 7.00. The molecule has 1 aliphatic heterocycles. The fourth-order valence-corrected chi connectivity index (χ4v) is 4.49. The number of nitrogens with zero attached hydrogens (tertiary/aromatic N) is 1. The summed E-state index contributed by atoms with van der Waals surface area (Å²) in [5, 5.41) is 9.28. The molecule has 0 radical (unpaired) electrons. The lowest BCUT2D eigenvalue weighted by Crippen LogP contribution is -2.30. The van der Waals surface area contributed by atoms with Crippen LogP contribution in [-0.2, 0) is 26.4 Å². The second kappa shape index (κ2) is 8.31. The number of carbonyl (C=O) groups is 2. The van der Waals surface area contributed by atoms with Gasteiger partial charge in [0.1, 0.15) is 24.6 Å². The molecule has 0 saturated carbocycles. The largest absolute Gasteiger partial charge is 0.487 e. The maximum atomic E-state index is 15.7. The highest BCUT2D eigenvalue weighted by Gasteiger charge is 2.38. The van der Waals surface area contributed by atoms with E-state index >= 15 is 4.39 Å². The number of hydrogen-bond acceptors (Lipinski definition) is 5. The molecule has 0 aliphatic carbocycles. The highest BCUT2D eigenvalue weighted by Crippen LogP contribution is 2.40. The van der Waals surface area contributed by atoms with Gasteiger partial charge < -0.3 is 9.84 Å². The number of halogens is 1. The standard InChI is InChI=1S/C22H17FN2O6S/c23-21-17-10-14(7-9-20(27)28)6-8-16(17)11-18(31-13-15-4-2-1-3-5-15)22(21)25-12-19(26)24-32(25,29)30/h1-11H,12-13H2,(H,24,26)(H,27,28)/b9-7+. The molecule has 1 fully saturated rings. The van der Waals surface area contributed by atoms with E-state index in [-0.39, 0.29) is 17.7 Å². The van der Waals surface area contributed by atoms with E-state index in [0.717, 1.165) is 11.6 Å². The van der Waals surface area contributed by atoms with Gasteiger partial charge in [-0.3, -0.25) is 4.79 Å². The molecular weight excluding hydrogens is 439 g/mol. The number of carbonyl (C=O) groups excluding carboxylic acids is 1. The van der Waals surface area contributed by atoms with E-state index in [2.05, 4.69) is 0 Å². The first-order chi connectivity index (χ1) is 15.2. The van der Waals surface area contributed by atoms with Crippen molar-refractivity contribution in [2.24, 2.45) is 0 Å². The van der Waals surface area contributed by atoms with Crippen molar-refractivity contribution in [2.45, 2.75) is 6.61 Å². The summed E-state index contributed by atoms with van der Waals surface area (Å²) in [6.45, 7) is -0.543. The van der Waals surface area contributed by atoms with Crippen LogP contribution in [0, 0.1) is 5.82 Å². The zero-order valence-corrected chi connectivity index (χ0v) is 17.3. The Bertz CT molecular complexity index is 1360. The number of amides is 1. The van der Waals surface area contributed by atoms with Gasteiger partial charge in [-0.15, -0.1) is 0 Å². The van der Waals surface area contributed by atoms with Gasteiger partial charge in [-0.25, -0.2) is 18.2 Å². The van der Waals surface area contributed by atoms with Gasteiger partial charge in [0.25, 0.3) is 5.91 Å². The van der Waals surface area contributed by atoms with E-state index in [1.165, 1.54) is 18.2 Å². The average molecular weight is 456 g/mol. The number of carboxylic acids is 1. The second-order valence-corrected chi connectivity index (χ2v) is 8.60. The number of aliphatic carboxylic acids is 1. The summed E-state index contributed by atoms with van der Waals surface area (Å²) in [5.74, 6) is -2.91. The van der Waals surface area contributed by atoms with Crippen molar-refractivity contribution in [3.05, 3.63) is 77.6 Å². The summed E-state index contributed by atoms with van der Waals surface area (Å²) in [4.78, 5) is 22.5. The Morgan fingerprint density at radius 1 is 1.19 bits per heavy atom. The smallest absolute Gasteiger partial charge is 0.328 e. The minimum Gasteiger partial charge on any atom is -0.487 e. The summed E-state index contributed by atoms with van der Waals surface area (Å²) in [7, 11) is -4.30. The van der Waals surface area contributed by atoms with E-state index in [1.54, 1.807) is 36.4 Å². The molecule has 1 heterocycles. The van der Waals surface area contributed by atoms with Crippen LogP contribution in [0.15, 0.2) is 60.7 Å².